The van der Waals surface area contributed by atoms with Crippen LogP contribution in [0.1, 0.15) is 79.0 Å². The maximum Gasteiger partial charge on any atom is 0.469 e. The molecular weight excluding hydrogens is 761 g/mol. The lowest BCUT2D eigenvalue weighted by atomic mass is 10.0. The summed E-state index contributed by atoms with van der Waals surface area (Å²) in [6.07, 6.45) is 8.53. The van der Waals surface area contributed by atoms with Gasteiger partial charge in [-0.25, -0.2) is 9.55 Å². The molecule has 1 heterocycles. The van der Waals surface area contributed by atoms with Gasteiger partial charge < -0.3 is 51.6 Å². The molecule has 19 heteroatoms. The number of primary amides is 1. The lowest BCUT2D eigenvalue weighted by Crippen LogP contribution is -2.59. The third kappa shape index (κ3) is 17.0. The van der Waals surface area contributed by atoms with E-state index in [1.165, 1.54) is 17.7 Å². The minimum absolute atomic E-state index is 0.0720. The summed E-state index contributed by atoms with van der Waals surface area (Å²) in [5.74, 6) is -4.29. The van der Waals surface area contributed by atoms with Crippen LogP contribution in [0.4, 0.5) is 0 Å². The van der Waals surface area contributed by atoms with Gasteiger partial charge in [0.2, 0.25) is 23.6 Å². The Morgan fingerprint density at radius 2 is 1.49 bits per heavy atom. The first-order valence-corrected chi connectivity index (χ1v) is 20.3. The Labute approximate surface area is 331 Å². The smallest absolute Gasteiger partial charge is 0.394 e. The topological polar surface area (TPSA) is 285 Å². The van der Waals surface area contributed by atoms with Crippen molar-refractivity contribution in [1.29, 1.82) is 0 Å². The number of aliphatic hydroxyl groups is 2. The lowest BCUT2D eigenvalue weighted by molar-refractivity contribution is -0.135. The molecule has 0 spiro atoms. The summed E-state index contributed by atoms with van der Waals surface area (Å²) in [6, 6.07) is 11.9. The number of benzene rings is 2. The fourth-order valence-electron chi connectivity index (χ4n) is 5.94. The number of hydrogen-bond acceptors (Lipinski definition) is 10. The lowest BCUT2D eigenvalue weighted by Gasteiger charge is -2.26. The van der Waals surface area contributed by atoms with E-state index in [2.05, 4.69) is 42.9 Å². The van der Waals surface area contributed by atoms with Gasteiger partial charge in [0.05, 0.1) is 25.6 Å². The molecule has 0 fully saturated rings. The van der Waals surface area contributed by atoms with Gasteiger partial charge in [-0.15, -0.1) is 0 Å². The van der Waals surface area contributed by atoms with Crippen LogP contribution in [-0.2, 0) is 54.3 Å². The van der Waals surface area contributed by atoms with Gasteiger partial charge in [-0.1, -0.05) is 68.1 Å². The van der Waals surface area contributed by atoms with E-state index in [0.717, 1.165) is 51.9 Å². The molecule has 312 valence electrons. The number of nitrogens with zero attached hydrogens (tertiary/aromatic N) is 2. The van der Waals surface area contributed by atoms with Crippen LogP contribution in [-0.4, -0.2) is 96.5 Å². The Hall–Kier alpha value is -4.97. The number of phosphoric ester groups is 1. The molecule has 2 aromatic carbocycles. The summed E-state index contributed by atoms with van der Waals surface area (Å²) in [6.45, 7) is 0.443. The van der Waals surface area contributed by atoms with E-state index in [9.17, 15) is 38.8 Å². The van der Waals surface area contributed by atoms with Crippen molar-refractivity contribution in [3.63, 3.8) is 0 Å². The maximum absolute atomic E-state index is 13.7. The standard InChI is InChI=1S/C38H54N7O11P/c1-26(56-57(53,54)55)34(35(39)49)44-38(52)32(24-47)43-37(51)31(42-33(48)18-19-41-36(50)29-16-14-28(23-46)15-17-29)21-30-22-40-25-45(30)20-10-5-3-2-4-7-11-27-12-8-6-9-13-27/h6,8-9,12-17,22,25-26,31-32,34,46-47H,2-5,7,10-11,18-21,23-24H2,1H3,(H2,39,49)(H,41,50)(H,42,48)(H,43,51)(H,44,52)(H2,53,54,55)/t26-,31+,32+,34+/m1/s1. The predicted octanol–water partition coefficient (Wildman–Crippen LogP) is 0.751. The highest BCUT2D eigenvalue weighted by atomic mass is 31.2. The SMILES string of the molecule is C[C@@H](OP(=O)(O)O)[C@H](NC(=O)[C@H](CO)NC(=O)[C@H](Cc1cncn1CCCCCCCCc1ccccc1)NC(=O)CCNC(=O)c1ccc(CO)cc1)C(N)=O. The number of phosphoric acid groups is 1. The van der Waals surface area contributed by atoms with E-state index in [1.54, 1.807) is 24.7 Å². The molecule has 3 rings (SSSR count). The van der Waals surface area contributed by atoms with Crippen LogP contribution in [0.2, 0.25) is 0 Å². The van der Waals surface area contributed by atoms with E-state index in [1.807, 2.05) is 22.8 Å². The Bertz CT molecular complexity index is 1790. The highest BCUT2D eigenvalue weighted by Gasteiger charge is 2.34. The number of rotatable bonds is 26. The molecule has 0 saturated carbocycles. The molecule has 0 bridgehead atoms. The second-order valence-corrected chi connectivity index (χ2v) is 14.7. The zero-order valence-electron chi connectivity index (χ0n) is 31.9. The Balaban J connectivity index is 1.63. The quantitative estimate of drug-likeness (QED) is 0.0401. The first-order valence-electron chi connectivity index (χ1n) is 18.8. The van der Waals surface area contributed by atoms with Crippen molar-refractivity contribution < 1.29 is 53.1 Å². The highest BCUT2D eigenvalue weighted by molar-refractivity contribution is 7.46. The molecule has 0 saturated heterocycles. The summed E-state index contributed by atoms with van der Waals surface area (Å²) in [5, 5.41) is 29.0. The largest absolute Gasteiger partial charge is 0.469 e. The number of carbonyl (C=O) groups excluding carboxylic acids is 5. The number of amides is 5. The number of unbranched alkanes of at least 4 members (excludes halogenated alkanes) is 5. The van der Waals surface area contributed by atoms with Crippen LogP contribution in [0.5, 0.6) is 0 Å². The summed E-state index contributed by atoms with van der Waals surface area (Å²) in [4.78, 5) is 86.9. The fraction of sp³-hybridized carbons (Fsp3) is 0.474. The summed E-state index contributed by atoms with van der Waals surface area (Å²) >= 11 is 0. The number of imidazole rings is 1. The molecule has 10 N–H and O–H groups in total. The van der Waals surface area contributed by atoms with Gasteiger partial charge in [0.15, 0.2) is 0 Å². The zero-order valence-corrected chi connectivity index (χ0v) is 32.8. The molecule has 57 heavy (non-hydrogen) atoms. The summed E-state index contributed by atoms with van der Waals surface area (Å²) in [7, 11) is -5.09. The zero-order chi connectivity index (χ0) is 41.8. The van der Waals surface area contributed by atoms with Crippen LogP contribution in [0.3, 0.4) is 0 Å². The Morgan fingerprint density at radius 3 is 2.12 bits per heavy atom. The van der Waals surface area contributed by atoms with Gasteiger partial charge in [-0.05, 0) is 49.4 Å². The van der Waals surface area contributed by atoms with Crippen LogP contribution in [0.15, 0.2) is 67.1 Å². The Kier molecular flexibility index (Phi) is 19.5. The van der Waals surface area contributed by atoms with Gasteiger partial charge in [-0.2, -0.15) is 0 Å². The van der Waals surface area contributed by atoms with Gasteiger partial charge in [-0.3, -0.25) is 28.5 Å². The molecule has 0 unspecified atom stereocenters. The predicted molar refractivity (Wildman–Crippen MR) is 208 cm³/mol. The average molecular weight is 816 g/mol. The Morgan fingerprint density at radius 1 is 0.842 bits per heavy atom. The normalized spacial score (nSPS) is 13.5. The number of aryl methyl sites for hydroxylation is 2. The number of aromatic nitrogens is 2. The third-order valence-corrected chi connectivity index (χ3v) is 9.66. The summed E-state index contributed by atoms with van der Waals surface area (Å²) < 4.78 is 17.6. The van der Waals surface area contributed by atoms with E-state index >= 15 is 0 Å². The number of aliphatic hydroxyl groups excluding tert-OH is 2. The van der Waals surface area contributed by atoms with Crippen LogP contribution in [0.25, 0.3) is 0 Å². The van der Waals surface area contributed by atoms with Crippen molar-refractivity contribution in [2.45, 2.75) is 102 Å². The van der Waals surface area contributed by atoms with Crippen LogP contribution in [0, 0.1) is 0 Å². The molecule has 0 aliphatic rings. The second kappa shape index (κ2) is 23.9. The van der Waals surface area contributed by atoms with Crippen molar-refractivity contribution in [2.75, 3.05) is 13.2 Å². The van der Waals surface area contributed by atoms with Gasteiger partial charge in [0, 0.05) is 43.4 Å². The molecule has 0 radical (unpaired) electrons. The second-order valence-electron chi connectivity index (χ2n) is 13.6. The van der Waals surface area contributed by atoms with Crippen molar-refractivity contribution in [2.24, 2.45) is 5.73 Å². The highest BCUT2D eigenvalue weighted by Crippen LogP contribution is 2.38. The number of hydrogen-bond donors (Lipinski definition) is 9. The van der Waals surface area contributed by atoms with Crippen LogP contribution >= 0.6 is 7.82 Å². The van der Waals surface area contributed by atoms with Crippen LogP contribution < -0.4 is 27.0 Å². The van der Waals surface area contributed by atoms with Crippen molar-refractivity contribution in [3.05, 3.63) is 89.5 Å². The van der Waals surface area contributed by atoms with Gasteiger partial charge >= 0.3 is 7.82 Å². The van der Waals surface area contributed by atoms with E-state index < -0.39 is 68.2 Å². The van der Waals surface area contributed by atoms with E-state index in [-0.39, 0.29) is 26.0 Å². The minimum Gasteiger partial charge on any atom is -0.394 e. The minimum atomic E-state index is -5.09. The van der Waals surface area contributed by atoms with Gasteiger partial charge in [0.25, 0.3) is 5.91 Å². The summed E-state index contributed by atoms with van der Waals surface area (Å²) in [5.41, 5.74) is 8.17. The molecule has 5 amide bonds. The number of nitrogens with two attached hydrogens (primary N) is 1. The van der Waals surface area contributed by atoms with Crippen molar-refractivity contribution >= 4 is 37.4 Å². The van der Waals surface area contributed by atoms with Gasteiger partial charge in [0.1, 0.15) is 18.1 Å². The maximum atomic E-state index is 13.7. The number of nitrogens with one attached hydrogen (secondary N) is 4. The first-order chi connectivity index (χ1) is 27.2. The average Bonchev–Trinajstić information content (AvgIpc) is 3.62. The molecule has 4 atom stereocenters. The first kappa shape index (κ1) is 46.4. The molecule has 1 aromatic heterocycles. The molecular formula is C38H54N7O11P. The fourth-order valence-corrected chi connectivity index (χ4v) is 6.49. The van der Waals surface area contributed by atoms with E-state index in [0.29, 0.717) is 23.4 Å². The number of carbonyl (C=O) groups is 5. The molecule has 0 aliphatic carbocycles. The van der Waals surface area contributed by atoms with E-state index in [4.69, 9.17) is 15.5 Å². The van der Waals surface area contributed by atoms with Crippen molar-refractivity contribution in [3.8, 4) is 0 Å². The molecule has 0 aliphatic heterocycles. The third-order valence-electron chi connectivity index (χ3n) is 9.05. The monoisotopic (exact) mass is 815 g/mol. The molecule has 3 aromatic rings. The molecule has 18 nitrogen and oxygen atoms in total. The van der Waals surface area contributed by atoms with Crippen molar-refractivity contribution in [1.82, 2.24) is 30.8 Å².